The molecule has 2 aliphatic carbocycles. The quantitative estimate of drug-likeness (QED) is 0.310. The molecule has 6 heterocycles. The van der Waals surface area contributed by atoms with Gasteiger partial charge in [-0.3, -0.25) is 0 Å². The Kier molecular flexibility index (Phi) is 7.36. The number of aromatic nitrogens is 5. The van der Waals surface area contributed by atoms with Crippen molar-refractivity contribution in [1.82, 2.24) is 29.8 Å². The van der Waals surface area contributed by atoms with Gasteiger partial charge in [0.1, 0.15) is 16.9 Å². The molecule has 4 aliphatic rings. The van der Waals surface area contributed by atoms with Gasteiger partial charge < -0.3 is 29.9 Å². The minimum absolute atomic E-state index is 0.0930. The van der Waals surface area contributed by atoms with Crippen LogP contribution in [0.4, 0.5) is 10.8 Å². The minimum Gasteiger partial charge on any atom is -0.389 e. The third-order valence-electron chi connectivity index (χ3n) is 11.3. The number of likely N-dealkylation sites (N-methyl/N-ethyl adjacent to an activating group) is 1. The van der Waals surface area contributed by atoms with Gasteiger partial charge in [-0.1, -0.05) is 5.16 Å². The van der Waals surface area contributed by atoms with E-state index in [-0.39, 0.29) is 12.1 Å². The molecule has 13 heteroatoms. The number of nitriles is 1. The van der Waals surface area contributed by atoms with Crippen molar-refractivity contribution in [2.45, 2.75) is 101 Å². The largest absolute Gasteiger partial charge is 0.389 e. The molecule has 0 bridgehead atoms. The van der Waals surface area contributed by atoms with E-state index in [2.05, 4.69) is 29.8 Å². The zero-order chi connectivity index (χ0) is 32.7. The minimum atomic E-state index is -0.953. The van der Waals surface area contributed by atoms with Crippen molar-refractivity contribution in [3.8, 4) is 17.6 Å². The zero-order valence-electron chi connectivity index (χ0n) is 27.6. The van der Waals surface area contributed by atoms with E-state index in [4.69, 9.17) is 35.2 Å². The van der Waals surface area contributed by atoms with Gasteiger partial charge in [0.2, 0.25) is 0 Å². The van der Waals surface area contributed by atoms with Crippen molar-refractivity contribution in [3.63, 3.8) is 0 Å². The summed E-state index contributed by atoms with van der Waals surface area (Å²) in [6, 6.07) is 2.85. The Morgan fingerprint density at radius 1 is 1.23 bits per heavy atom. The standard InChI is InChI=1S/C34H43N9O3S/c1-19(24-9-7-13-41(24)3)43-32-23(16-37-43)31(42-17-20(45-4)14-33(2,44)18-42)38-30(39-32)27-21-8-5-11-34(28(21)46-40-27)12-6-10-25-26(34)22(15-35)29(36)47-25/h16,19-20,24,44H,5-14,17-18,36H2,1-4H3/t19-,20-,24-,33+,34-/m0/s1. The molecule has 4 aromatic rings. The number of aryl methyl sites for hydroxylation is 1. The Labute approximate surface area is 278 Å². The molecule has 1 spiro atoms. The van der Waals surface area contributed by atoms with E-state index in [0.29, 0.717) is 53.5 Å². The maximum absolute atomic E-state index is 11.3. The fraction of sp³-hybridized carbons (Fsp3) is 0.618. The molecule has 2 saturated heterocycles. The summed E-state index contributed by atoms with van der Waals surface area (Å²) in [4.78, 5) is 16.1. The average molecular weight is 658 g/mol. The zero-order valence-corrected chi connectivity index (χ0v) is 28.4. The van der Waals surface area contributed by atoms with Crippen LogP contribution in [0.2, 0.25) is 0 Å². The Hall–Kier alpha value is -3.57. The molecule has 47 heavy (non-hydrogen) atoms. The van der Waals surface area contributed by atoms with Crippen molar-refractivity contribution in [2.75, 3.05) is 44.4 Å². The second-order valence-electron chi connectivity index (χ2n) is 14.4. The van der Waals surface area contributed by atoms with Gasteiger partial charge in [0.05, 0.1) is 40.3 Å². The molecule has 0 unspecified atom stereocenters. The molecule has 2 aliphatic heterocycles. The molecule has 0 aromatic carbocycles. The number of thiophene rings is 1. The summed E-state index contributed by atoms with van der Waals surface area (Å²) in [6.45, 7) is 6.13. The van der Waals surface area contributed by atoms with Crippen LogP contribution < -0.4 is 10.6 Å². The van der Waals surface area contributed by atoms with Crippen LogP contribution >= 0.6 is 11.3 Å². The number of fused-ring (bicyclic) bond motifs is 5. The van der Waals surface area contributed by atoms with E-state index >= 15 is 0 Å². The molecule has 3 N–H and O–H groups in total. The summed E-state index contributed by atoms with van der Waals surface area (Å²) in [5, 5.41) is 32.5. The number of rotatable bonds is 5. The molecule has 0 saturated carbocycles. The van der Waals surface area contributed by atoms with E-state index in [1.807, 2.05) is 17.8 Å². The van der Waals surface area contributed by atoms with Gasteiger partial charge >= 0.3 is 0 Å². The summed E-state index contributed by atoms with van der Waals surface area (Å²) in [5.41, 5.74) is 9.04. The predicted octanol–water partition coefficient (Wildman–Crippen LogP) is 4.59. The highest BCUT2D eigenvalue weighted by atomic mass is 32.1. The number of methoxy groups -OCH3 is 1. The third kappa shape index (κ3) is 4.78. The lowest BCUT2D eigenvalue weighted by molar-refractivity contribution is -0.0248. The summed E-state index contributed by atoms with van der Waals surface area (Å²) < 4.78 is 14.2. The lowest BCUT2D eigenvalue weighted by Crippen LogP contribution is -2.53. The lowest BCUT2D eigenvalue weighted by atomic mass is 9.63. The van der Waals surface area contributed by atoms with Gasteiger partial charge in [-0.25, -0.2) is 14.6 Å². The number of nitrogens with two attached hydrogens (primary N) is 1. The Balaban J connectivity index is 1.30. The Bertz CT molecular complexity index is 1880. The van der Waals surface area contributed by atoms with Crippen LogP contribution in [0.25, 0.3) is 22.6 Å². The van der Waals surface area contributed by atoms with Crippen molar-refractivity contribution < 1.29 is 14.4 Å². The number of anilines is 2. The number of nitrogen functional groups attached to an aromatic ring is 1. The highest BCUT2D eigenvalue weighted by Gasteiger charge is 2.49. The molecule has 0 amide bonds. The maximum atomic E-state index is 11.3. The van der Waals surface area contributed by atoms with Crippen molar-refractivity contribution in [2.24, 2.45) is 0 Å². The Morgan fingerprint density at radius 3 is 2.79 bits per heavy atom. The fourth-order valence-corrected chi connectivity index (χ4v) is 10.3. The molecular weight excluding hydrogens is 615 g/mol. The van der Waals surface area contributed by atoms with Crippen LogP contribution in [0.3, 0.4) is 0 Å². The van der Waals surface area contributed by atoms with Crippen LogP contribution in [0.5, 0.6) is 0 Å². The summed E-state index contributed by atoms with van der Waals surface area (Å²) in [7, 11) is 3.87. The van der Waals surface area contributed by atoms with Crippen LogP contribution in [0.15, 0.2) is 10.7 Å². The molecule has 2 fully saturated rings. The van der Waals surface area contributed by atoms with E-state index in [9.17, 15) is 10.4 Å². The molecule has 4 aromatic heterocycles. The third-order valence-corrected chi connectivity index (χ3v) is 12.4. The topological polar surface area (TPSA) is 155 Å². The molecule has 12 nitrogen and oxygen atoms in total. The van der Waals surface area contributed by atoms with Gasteiger partial charge in [0.15, 0.2) is 22.9 Å². The number of β-amino-alcohol motifs (C(OH)–C–C–N with tert-alkyl or cyclic N) is 1. The second kappa shape index (κ2) is 11.3. The van der Waals surface area contributed by atoms with Crippen LogP contribution in [0.1, 0.15) is 92.2 Å². The molecule has 248 valence electrons. The number of aliphatic hydroxyl groups is 1. The van der Waals surface area contributed by atoms with Gasteiger partial charge in [-0.15, -0.1) is 11.3 Å². The molecule has 8 rings (SSSR count). The van der Waals surface area contributed by atoms with Gasteiger partial charge in [0.25, 0.3) is 0 Å². The molecule has 5 atom stereocenters. The van der Waals surface area contributed by atoms with Crippen molar-refractivity contribution in [3.05, 3.63) is 33.5 Å². The predicted molar refractivity (Wildman–Crippen MR) is 180 cm³/mol. The number of nitrogens with zero attached hydrogens (tertiary/aromatic N) is 8. The van der Waals surface area contributed by atoms with Gasteiger partial charge in [-0.2, -0.15) is 10.4 Å². The van der Waals surface area contributed by atoms with Crippen LogP contribution in [0, 0.1) is 11.3 Å². The van der Waals surface area contributed by atoms with Gasteiger partial charge in [-0.05, 0) is 84.4 Å². The Morgan fingerprint density at radius 2 is 2.04 bits per heavy atom. The van der Waals surface area contributed by atoms with E-state index in [1.165, 1.54) is 4.88 Å². The highest BCUT2D eigenvalue weighted by molar-refractivity contribution is 7.16. The van der Waals surface area contributed by atoms with Crippen LogP contribution in [-0.4, -0.2) is 86.5 Å². The number of piperidine rings is 1. The van der Waals surface area contributed by atoms with E-state index in [0.717, 1.165) is 85.8 Å². The highest BCUT2D eigenvalue weighted by Crippen LogP contribution is 2.55. The molecule has 0 radical (unpaired) electrons. The fourth-order valence-electron chi connectivity index (χ4n) is 9.14. The number of likely N-dealkylation sites (tertiary alicyclic amines) is 1. The SMILES string of the molecule is CO[C@@H]1CN(c2nc(-c3noc4c3CCC[C@@]43CCCc4sc(N)c(C#N)c43)nc3c2cnn3[C@@H](C)[C@@H]2CCCN2C)C[C@](C)(O)C1. The lowest BCUT2D eigenvalue weighted by Gasteiger charge is -2.41. The summed E-state index contributed by atoms with van der Waals surface area (Å²) in [5.74, 6) is 2.03. The smallest absolute Gasteiger partial charge is 0.186 e. The average Bonchev–Trinajstić information content (AvgIpc) is 3.84. The first-order valence-corrected chi connectivity index (χ1v) is 17.7. The first kappa shape index (κ1) is 30.7. The van der Waals surface area contributed by atoms with Crippen molar-refractivity contribution >= 4 is 33.2 Å². The summed E-state index contributed by atoms with van der Waals surface area (Å²) in [6.07, 6.45) is 9.95. The number of hydrogen-bond acceptors (Lipinski definition) is 12. The summed E-state index contributed by atoms with van der Waals surface area (Å²) >= 11 is 1.54. The normalized spacial score (nSPS) is 28.5. The first-order valence-electron chi connectivity index (χ1n) is 16.9. The van der Waals surface area contributed by atoms with E-state index in [1.54, 1.807) is 18.4 Å². The molecular formula is C34H43N9O3S. The van der Waals surface area contributed by atoms with E-state index < -0.39 is 11.0 Å². The first-order chi connectivity index (χ1) is 22.6. The van der Waals surface area contributed by atoms with Crippen LogP contribution in [-0.2, 0) is 23.0 Å². The van der Waals surface area contributed by atoms with Gasteiger partial charge in [0, 0.05) is 43.1 Å². The maximum Gasteiger partial charge on any atom is 0.186 e. The monoisotopic (exact) mass is 657 g/mol. The number of hydrogen-bond donors (Lipinski definition) is 2. The second-order valence-corrected chi connectivity index (χ2v) is 15.6. The number of ether oxygens (including phenoxy) is 1. The van der Waals surface area contributed by atoms with Crippen molar-refractivity contribution in [1.29, 1.82) is 5.26 Å².